The minimum absolute atomic E-state index is 0.0790. The molecule has 1 aliphatic heterocycles. The molecule has 238 valence electrons. The minimum atomic E-state index is -1.22. The number of fused-ring (bicyclic) bond motifs is 1. The van der Waals surface area contributed by atoms with E-state index in [1.165, 1.54) is 0 Å². The Morgan fingerprint density at radius 2 is 1.77 bits per heavy atom. The maximum atomic E-state index is 13.7. The normalized spacial score (nSPS) is 22.0. The molecule has 1 heterocycles. The van der Waals surface area contributed by atoms with Crippen molar-refractivity contribution >= 4 is 29.5 Å². The third-order valence-corrected chi connectivity index (χ3v) is 7.89. The summed E-state index contributed by atoms with van der Waals surface area (Å²) in [5.41, 5.74) is -1.02. The second-order valence-electron chi connectivity index (χ2n) is 12.1. The lowest BCUT2D eigenvalue weighted by Crippen LogP contribution is -2.64. The lowest BCUT2D eigenvalue weighted by Gasteiger charge is -2.38. The fourth-order valence-electron chi connectivity index (χ4n) is 5.44. The number of amides is 5. The molecule has 1 aromatic rings. The summed E-state index contributed by atoms with van der Waals surface area (Å²) in [4.78, 5) is 69.1. The number of carbonyl (C=O) groups excluding carboxylic acids is 5. The third kappa shape index (κ3) is 9.94. The highest BCUT2D eigenvalue weighted by atomic mass is 16.5. The van der Waals surface area contributed by atoms with E-state index in [1.54, 1.807) is 24.3 Å². The van der Waals surface area contributed by atoms with Gasteiger partial charge < -0.3 is 36.2 Å². The number of benzene rings is 1. The van der Waals surface area contributed by atoms with Gasteiger partial charge in [-0.25, -0.2) is 0 Å². The molecular formula is C31H48N6O6. The number of hydrogen-bond donors (Lipinski definition) is 5. The van der Waals surface area contributed by atoms with Gasteiger partial charge in [-0.15, -0.1) is 0 Å². The van der Waals surface area contributed by atoms with E-state index in [0.717, 1.165) is 38.6 Å². The summed E-state index contributed by atoms with van der Waals surface area (Å²) in [6.07, 6.45) is 4.46. The molecule has 5 amide bonds. The molecule has 3 rings (SSSR count). The van der Waals surface area contributed by atoms with Crippen LogP contribution >= 0.6 is 0 Å². The van der Waals surface area contributed by atoms with Gasteiger partial charge >= 0.3 is 0 Å². The number of unbranched alkanes of at least 4 members (excludes halogenated alkanes) is 1. The SMILES string of the molecule is CC(C)[C@H]1NC(=O)C2(CCCCC2)NC(=O)C[C@@H](C(=O)NCCCCN(C)C)NC(=O)c2ccccc2OCCNC1=O. The lowest BCUT2D eigenvalue weighted by atomic mass is 9.80. The number of nitrogens with one attached hydrogen (secondary N) is 5. The van der Waals surface area contributed by atoms with E-state index >= 15 is 0 Å². The first-order valence-corrected chi connectivity index (χ1v) is 15.4. The summed E-state index contributed by atoms with van der Waals surface area (Å²) >= 11 is 0. The van der Waals surface area contributed by atoms with Gasteiger partial charge in [-0.2, -0.15) is 0 Å². The summed E-state index contributed by atoms with van der Waals surface area (Å²) in [6.45, 7) is 5.17. The van der Waals surface area contributed by atoms with Crippen LogP contribution in [0.1, 0.15) is 75.6 Å². The summed E-state index contributed by atoms with van der Waals surface area (Å²) in [7, 11) is 3.96. The van der Waals surface area contributed by atoms with Crippen LogP contribution in [0.5, 0.6) is 5.75 Å². The maximum absolute atomic E-state index is 13.7. The van der Waals surface area contributed by atoms with Crippen LogP contribution in [-0.2, 0) is 19.2 Å². The predicted molar refractivity (Wildman–Crippen MR) is 162 cm³/mol. The van der Waals surface area contributed by atoms with E-state index in [2.05, 4.69) is 31.5 Å². The van der Waals surface area contributed by atoms with Crippen LogP contribution in [0.15, 0.2) is 24.3 Å². The fraction of sp³-hybridized carbons (Fsp3) is 0.645. The zero-order chi connectivity index (χ0) is 31.4. The van der Waals surface area contributed by atoms with Crippen molar-refractivity contribution in [1.82, 2.24) is 31.5 Å². The molecule has 12 heteroatoms. The van der Waals surface area contributed by atoms with Gasteiger partial charge in [0.15, 0.2) is 0 Å². The molecule has 0 aromatic heterocycles. The molecule has 43 heavy (non-hydrogen) atoms. The van der Waals surface area contributed by atoms with Crippen molar-refractivity contribution in [2.24, 2.45) is 5.92 Å². The van der Waals surface area contributed by atoms with Gasteiger partial charge in [0.25, 0.3) is 5.91 Å². The van der Waals surface area contributed by atoms with E-state index in [9.17, 15) is 24.0 Å². The molecule has 2 aliphatic rings. The lowest BCUT2D eigenvalue weighted by molar-refractivity contribution is -0.138. The monoisotopic (exact) mass is 600 g/mol. The Kier molecular flexibility index (Phi) is 12.8. The van der Waals surface area contributed by atoms with Crippen molar-refractivity contribution in [2.45, 2.75) is 82.8 Å². The van der Waals surface area contributed by atoms with Gasteiger partial charge in [0, 0.05) is 6.54 Å². The van der Waals surface area contributed by atoms with E-state index < -0.39 is 41.3 Å². The van der Waals surface area contributed by atoms with E-state index in [-0.39, 0.29) is 42.7 Å². The quantitative estimate of drug-likeness (QED) is 0.293. The molecule has 1 saturated carbocycles. The van der Waals surface area contributed by atoms with Gasteiger partial charge in [-0.1, -0.05) is 45.2 Å². The Balaban J connectivity index is 1.89. The fourth-order valence-corrected chi connectivity index (χ4v) is 5.44. The van der Waals surface area contributed by atoms with Gasteiger partial charge in [-0.05, 0) is 64.4 Å². The second kappa shape index (κ2) is 16.3. The summed E-state index contributed by atoms with van der Waals surface area (Å²) in [5, 5.41) is 14.2. The Labute approximate surface area is 254 Å². The number of carbonyl (C=O) groups is 5. The van der Waals surface area contributed by atoms with Crippen molar-refractivity contribution < 1.29 is 28.7 Å². The van der Waals surface area contributed by atoms with Crippen molar-refractivity contribution in [1.29, 1.82) is 0 Å². The van der Waals surface area contributed by atoms with Gasteiger partial charge in [0.1, 0.15) is 30.0 Å². The average molecular weight is 601 g/mol. The molecule has 0 unspecified atom stereocenters. The second-order valence-corrected chi connectivity index (χ2v) is 12.1. The Bertz CT molecular complexity index is 1130. The van der Waals surface area contributed by atoms with Crippen LogP contribution in [0.25, 0.3) is 0 Å². The van der Waals surface area contributed by atoms with Crippen molar-refractivity contribution in [2.75, 3.05) is 40.3 Å². The first-order chi connectivity index (χ1) is 20.5. The Morgan fingerprint density at radius 3 is 2.47 bits per heavy atom. The van der Waals surface area contributed by atoms with Crippen molar-refractivity contribution in [3.8, 4) is 5.75 Å². The predicted octanol–water partition coefficient (Wildman–Crippen LogP) is 1.10. The summed E-state index contributed by atoms with van der Waals surface area (Å²) in [6, 6.07) is 4.59. The van der Waals surface area contributed by atoms with Gasteiger partial charge in [0.05, 0.1) is 18.5 Å². The molecule has 1 aromatic carbocycles. The molecule has 1 aliphatic carbocycles. The molecule has 5 N–H and O–H groups in total. The Hall–Kier alpha value is -3.67. The number of hydrogen-bond acceptors (Lipinski definition) is 7. The highest BCUT2D eigenvalue weighted by Gasteiger charge is 2.43. The van der Waals surface area contributed by atoms with Crippen LogP contribution in [-0.4, -0.2) is 92.4 Å². The molecule has 2 atom stereocenters. The molecule has 0 bridgehead atoms. The molecule has 0 saturated heterocycles. The average Bonchev–Trinajstić information content (AvgIpc) is 2.97. The minimum Gasteiger partial charge on any atom is -0.491 e. The van der Waals surface area contributed by atoms with Crippen LogP contribution in [0.3, 0.4) is 0 Å². The first kappa shape index (κ1) is 33.8. The van der Waals surface area contributed by atoms with Crippen LogP contribution in [0, 0.1) is 5.92 Å². The molecular weight excluding hydrogens is 552 g/mol. The van der Waals surface area contributed by atoms with E-state index in [1.807, 2.05) is 27.9 Å². The third-order valence-electron chi connectivity index (χ3n) is 7.89. The zero-order valence-corrected chi connectivity index (χ0v) is 25.9. The zero-order valence-electron chi connectivity index (χ0n) is 25.9. The number of ether oxygens (including phenoxy) is 1. The summed E-state index contributed by atoms with van der Waals surface area (Å²) < 4.78 is 5.82. The van der Waals surface area contributed by atoms with E-state index in [0.29, 0.717) is 19.4 Å². The molecule has 12 nitrogen and oxygen atoms in total. The largest absolute Gasteiger partial charge is 0.491 e. The van der Waals surface area contributed by atoms with Crippen LogP contribution in [0.4, 0.5) is 0 Å². The Morgan fingerprint density at radius 1 is 1.05 bits per heavy atom. The molecule has 1 fully saturated rings. The highest BCUT2D eigenvalue weighted by molar-refractivity contribution is 6.01. The summed E-state index contributed by atoms with van der Waals surface area (Å²) in [5.74, 6) is -2.31. The van der Waals surface area contributed by atoms with Crippen molar-refractivity contribution in [3.63, 3.8) is 0 Å². The van der Waals surface area contributed by atoms with Crippen molar-refractivity contribution in [3.05, 3.63) is 29.8 Å². The van der Waals surface area contributed by atoms with Crippen LogP contribution < -0.4 is 31.3 Å². The standard InChI is InChI=1S/C31H48N6O6/c1-21(2)26-29(41)33-17-19-43-24-13-7-6-12-22(24)27(39)34-23(28(40)32-16-10-11-18-37(3)4)20-25(38)36-31(30(42)35-26)14-8-5-9-15-31/h6-7,12-13,21,23,26H,5,8-11,14-20H2,1-4H3,(H,32,40)(H,33,41)(H,34,39)(H,35,42)(H,36,38)/t23-,26+/m0/s1. The van der Waals surface area contributed by atoms with Gasteiger partial charge in [-0.3, -0.25) is 24.0 Å². The number of para-hydroxylation sites is 1. The molecule has 0 radical (unpaired) electrons. The number of nitrogens with zero attached hydrogens (tertiary/aromatic N) is 1. The van der Waals surface area contributed by atoms with Crippen LogP contribution in [0.2, 0.25) is 0 Å². The highest BCUT2D eigenvalue weighted by Crippen LogP contribution is 2.29. The smallest absolute Gasteiger partial charge is 0.255 e. The topological polar surface area (TPSA) is 158 Å². The number of rotatable bonds is 7. The maximum Gasteiger partial charge on any atom is 0.255 e. The first-order valence-electron chi connectivity index (χ1n) is 15.4. The van der Waals surface area contributed by atoms with E-state index in [4.69, 9.17) is 4.74 Å². The van der Waals surface area contributed by atoms with Gasteiger partial charge in [0.2, 0.25) is 23.6 Å². The molecule has 1 spiro atoms.